The molecular formula is C13H27NS. The molecule has 0 radical (unpaired) electrons. The van der Waals surface area contributed by atoms with E-state index in [0.29, 0.717) is 0 Å². The highest BCUT2D eigenvalue weighted by atomic mass is 32.2. The van der Waals surface area contributed by atoms with Crippen LogP contribution in [0.1, 0.15) is 53.4 Å². The molecule has 0 bridgehead atoms. The van der Waals surface area contributed by atoms with Gasteiger partial charge in [-0.3, -0.25) is 0 Å². The summed E-state index contributed by atoms with van der Waals surface area (Å²) in [5, 5.41) is 5.28. The predicted molar refractivity (Wildman–Crippen MR) is 71.6 cm³/mol. The van der Waals surface area contributed by atoms with Crippen LogP contribution in [0.4, 0.5) is 0 Å². The van der Waals surface area contributed by atoms with Gasteiger partial charge in [0.2, 0.25) is 0 Å². The lowest BCUT2D eigenvalue weighted by Gasteiger charge is -2.37. The molecule has 1 rings (SSSR count). The molecule has 0 aromatic carbocycles. The third-order valence-corrected chi connectivity index (χ3v) is 4.81. The third kappa shape index (κ3) is 4.36. The van der Waals surface area contributed by atoms with Gasteiger partial charge in [-0.1, -0.05) is 34.1 Å². The van der Waals surface area contributed by atoms with Crippen molar-refractivity contribution in [2.45, 2.75) is 69.9 Å². The van der Waals surface area contributed by atoms with Crippen LogP contribution in [-0.2, 0) is 0 Å². The van der Waals surface area contributed by atoms with Crippen molar-refractivity contribution in [1.29, 1.82) is 0 Å². The van der Waals surface area contributed by atoms with E-state index in [1.165, 1.54) is 25.7 Å². The van der Waals surface area contributed by atoms with Crippen molar-refractivity contribution in [3.8, 4) is 0 Å². The summed E-state index contributed by atoms with van der Waals surface area (Å²) in [5.74, 6) is 0.983. The van der Waals surface area contributed by atoms with Crippen molar-refractivity contribution in [2.75, 3.05) is 6.54 Å². The van der Waals surface area contributed by atoms with Gasteiger partial charge in [0.05, 0.1) is 0 Å². The highest BCUT2D eigenvalue weighted by molar-refractivity contribution is 8.00. The van der Waals surface area contributed by atoms with Crippen LogP contribution in [0.15, 0.2) is 0 Å². The molecule has 0 aromatic rings. The Kier molecular flexibility index (Phi) is 6.06. The van der Waals surface area contributed by atoms with E-state index in [0.717, 1.165) is 29.0 Å². The molecule has 0 saturated heterocycles. The quantitative estimate of drug-likeness (QED) is 0.772. The lowest BCUT2D eigenvalue weighted by molar-refractivity contribution is 0.297. The average molecular weight is 229 g/mol. The lowest BCUT2D eigenvalue weighted by atomic mass is 9.84. The standard InChI is InChI=1S/C13H27NS/c1-5-11-7-8-12(14-6-2)13(9-11)15-10(3)4/h10-14H,5-9H2,1-4H3. The fourth-order valence-corrected chi connectivity index (χ4v) is 4.08. The highest BCUT2D eigenvalue weighted by Crippen LogP contribution is 2.35. The van der Waals surface area contributed by atoms with Gasteiger partial charge < -0.3 is 5.32 Å². The van der Waals surface area contributed by atoms with Crippen molar-refractivity contribution in [3.63, 3.8) is 0 Å². The van der Waals surface area contributed by atoms with E-state index in [-0.39, 0.29) is 0 Å². The Morgan fingerprint density at radius 1 is 1.27 bits per heavy atom. The zero-order valence-corrected chi connectivity index (χ0v) is 11.6. The monoisotopic (exact) mass is 229 g/mol. The minimum atomic E-state index is 0.769. The van der Waals surface area contributed by atoms with Crippen LogP contribution >= 0.6 is 11.8 Å². The number of nitrogens with one attached hydrogen (secondary N) is 1. The summed E-state index contributed by atoms with van der Waals surface area (Å²) in [6, 6.07) is 0.769. The molecule has 3 atom stereocenters. The first kappa shape index (κ1) is 13.4. The number of hydrogen-bond acceptors (Lipinski definition) is 2. The third-order valence-electron chi connectivity index (χ3n) is 3.39. The van der Waals surface area contributed by atoms with Gasteiger partial charge in [0.1, 0.15) is 0 Å². The van der Waals surface area contributed by atoms with Gasteiger partial charge in [-0.15, -0.1) is 0 Å². The van der Waals surface area contributed by atoms with Crippen LogP contribution in [0, 0.1) is 5.92 Å². The molecule has 1 saturated carbocycles. The number of thioether (sulfide) groups is 1. The summed E-state index contributed by atoms with van der Waals surface area (Å²) >= 11 is 2.18. The van der Waals surface area contributed by atoms with Gasteiger partial charge in [0, 0.05) is 11.3 Å². The topological polar surface area (TPSA) is 12.0 Å². The Bertz CT molecular complexity index is 170. The van der Waals surface area contributed by atoms with Gasteiger partial charge in [-0.25, -0.2) is 0 Å². The van der Waals surface area contributed by atoms with Crippen LogP contribution < -0.4 is 5.32 Å². The molecule has 0 spiro atoms. The maximum absolute atomic E-state index is 3.66. The smallest absolute Gasteiger partial charge is 0.0206 e. The Hall–Kier alpha value is 0.310. The Morgan fingerprint density at radius 2 is 2.00 bits per heavy atom. The second-order valence-electron chi connectivity index (χ2n) is 4.97. The van der Waals surface area contributed by atoms with Crippen LogP contribution in [0.25, 0.3) is 0 Å². The summed E-state index contributed by atoms with van der Waals surface area (Å²) in [5.41, 5.74) is 0. The van der Waals surface area contributed by atoms with E-state index in [1.54, 1.807) is 0 Å². The fourth-order valence-electron chi connectivity index (χ4n) is 2.58. The minimum Gasteiger partial charge on any atom is -0.313 e. The van der Waals surface area contributed by atoms with Crippen LogP contribution in [0.2, 0.25) is 0 Å². The van der Waals surface area contributed by atoms with E-state index in [1.807, 2.05) is 0 Å². The second-order valence-corrected chi connectivity index (χ2v) is 6.80. The predicted octanol–water partition coefficient (Wildman–Crippen LogP) is 3.68. The first-order valence-corrected chi connectivity index (χ1v) is 7.50. The summed E-state index contributed by atoms with van der Waals surface area (Å²) in [6.07, 6.45) is 5.62. The van der Waals surface area contributed by atoms with E-state index in [9.17, 15) is 0 Å². The Morgan fingerprint density at radius 3 is 2.53 bits per heavy atom. The molecule has 0 aromatic heterocycles. The highest BCUT2D eigenvalue weighted by Gasteiger charge is 2.29. The molecule has 0 heterocycles. The lowest BCUT2D eigenvalue weighted by Crippen LogP contribution is -2.43. The van der Waals surface area contributed by atoms with Gasteiger partial charge in [-0.2, -0.15) is 11.8 Å². The van der Waals surface area contributed by atoms with Crippen LogP contribution in [0.3, 0.4) is 0 Å². The Labute approximate surface area is 99.8 Å². The molecule has 1 aliphatic rings. The average Bonchev–Trinajstić information content (AvgIpc) is 2.20. The molecule has 1 fully saturated rings. The van der Waals surface area contributed by atoms with Crippen molar-refractivity contribution in [2.24, 2.45) is 5.92 Å². The summed E-state index contributed by atoms with van der Waals surface area (Å²) < 4.78 is 0. The normalized spacial score (nSPS) is 32.2. The molecule has 2 heteroatoms. The largest absolute Gasteiger partial charge is 0.313 e. The van der Waals surface area contributed by atoms with E-state index < -0.39 is 0 Å². The first-order valence-electron chi connectivity index (χ1n) is 6.56. The molecule has 0 aliphatic heterocycles. The summed E-state index contributed by atoms with van der Waals surface area (Å²) in [6.45, 7) is 10.3. The molecule has 1 aliphatic carbocycles. The molecule has 15 heavy (non-hydrogen) atoms. The van der Waals surface area contributed by atoms with Crippen LogP contribution in [0.5, 0.6) is 0 Å². The van der Waals surface area contributed by atoms with Crippen molar-refractivity contribution < 1.29 is 0 Å². The molecule has 0 amide bonds. The van der Waals surface area contributed by atoms with Gasteiger partial charge in [-0.05, 0) is 37.0 Å². The van der Waals surface area contributed by atoms with E-state index in [4.69, 9.17) is 0 Å². The SMILES string of the molecule is CCNC1CCC(CC)CC1SC(C)C. The second kappa shape index (κ2) is 6.80. The summed E-state index contributed by atoms with van der Waals surface area (Å²) in [7, 11) is 0. The Balaban J connectivity index is 2.48. The number of rotatable bonds is 5. The summed E-state index contributed by atoms with van der Waals surface area (Å²) in [4.78, 5) is 0. The maximum Gasteiger partial charge on any atom is 0.0206 e. The molecule has 1 nitrogen and oxygen atoms in total. The number of hydrogen-bond donors (Lipinski definition) is 1. The molecule has 3 unspecified atom stereocenters. The first-order chi connectivity index (χ1) is 7.17. The van der Waals surface area contributed by atoms with Crippen LogP contribution in [-0.4, -0.2) is 23.1 Å². The van der Waals surface area contributed by atoms with Crippen molar-refractivity contribution in [3.05, 3.63) is 0 Å². The zero-order chi connectivity index (χ0) is 11.3. The zero-order valence-electron chi connectivity index (χ0n) is 10.8. The fraction of sp³-hybridized carbons (Fsp3) is 1.00. The van der Waals surface area contributed by atoms with Crippen molar-refractivity contribution >= 4 is 11.8 Å². The molecule has 90 valence electrons. The minimum absolute atomic E-state index is 0.769. The van der Waals surface area contributed by atoms with E-state index in [2.05, 4.69) is 44.8 Å². The van der Waals surface area contributed by atoms with Gasteiger partial charge >= 0.3 is 0 Å². The van der Waals surface area contributed by atoms with Gasteiger partial charge in [0.25, 0.3) is 0 Å². The van der Waals surface area contributed by atoms with E-state index >= 15 is 0 Å². The molecular weight excluding hydrogens is 202 g/mol. The van der Waals surface area contributed by atoms with Crippen molar-refractivity contribution in [1.82, 2.24) is 5.32 Å². The van der Waals surface area contributed by atoms with Gasteiger partial charge in [0.15, 0.2) is 0 Å². The maximum atomic E-state index is 3.66. The molecule has 1 N–H and O–H groups in total.